The summed E-state index contributed by atoms with van der Waals surface area (Å²) in [6, 6.07) is 5.48. The third-order valence-electron chi connectivity index (χ3n) is 2.94. The van der Waals surface area contributed by atoms with E-state index >= 15 is 0 Å². The third kappa shape index (κ3) is 3.21. The number of nitrogens with zero attached hydrogens (tertiary/aromatic N) is 2. The molecule has 0 atom stereocenters. The first-order valence-corrected chi connectivity index (χ1v) is 8.57. The van der Waals surface area contributed by atoms with Gasteiger partial charge < -0.3 is 0 Å². The van der Waals surface area contributed by atoms with Crippen molar-refractivity contribution in [2.24, 2.45) is 0 Å². The Morgan fingerprint density at radius 2 is 2.10 bits per heavy atom. The molecule has 7 heteroatoms. The number of nitrogens with one attached hydrogen (secondary N) is 1. The van der Waals surface area contributed by atoms with Crippen LogP contribution in [0.2, 0.25) is 0 Å². The maximum absolute atomic E-state index is 12.3. The molecule has 1 aromatic carbocycles. The first-order valence-electron chi connectivity index (χ1n) is 6.30. The lowest BCUT2D eigenvalue weighted by atomic mass is 10.1. The maximum Gasteiger partial charge on any atom is 0.265 e. The number of halogens is 1. The van der Waals surface area contributed by atoms with Crippen LogP contribution in [0.4, 0.5) is 5.69 Å². The van der Waals surface area contributed by atoms with E-state index in [4.69, 9.17) is 0 Å². The summed E-state index contributed by atoms with van der Waals surface area (Å²) in [5, 5.41) is 3.99. The Bertz CT molecular complexity index is 710. The molecule has 0 saturated carbocycles. The molecule has 0 spiro atoms. The smallest absolute Gasteiger partial charge is 0.265 e. The maximum atomic E-state index is 12.3. The summed E-state index contributed by atoms with van der Waals surface area (Å²) in [4.78, 5) is 0.171. The SMILES string of the molecule is CCc1cc(Br)ccc1NS(=O)(=O)c1cnn(CC)c1. The quantitative estimate of drug-likeness (QED) is 0.894. The second-order valence-corrected chi connectivity index (χ2v) is 6.89. The van der Waals surface area contributed by atoms with Gasteiger partial charge in [0.25, 0.3) is 10.0 Å². The first-order chi connectivity index (χ1) is 9.46. The Morgan fingerprint density at radius 1 is 1.35 bits per heavy atom. The average Bonchev–Trinajstić information content (AvgIpc) is 2.90. The number of anilines is 1. The normalized spacial score (nSPS) is 11.6. The highest BCUT2D eigenvalue weighted by molar-refractivity contribution is 9.10. The second-order valence-electron chi connectivity index (χ2n) is 4.29. The van der Waals surface area contributed by atoms with Crippen molar-refractivity contribution in [3.05, 3.63) is 40.6 Å². The van der Waals surface area contributed by atoms with Crippen LogP contribution in [-0.2, 0) is 23.0 Å². The number of aromatic nitrogens is 2. The molecule has 2 aromatic rings. The van der Waals surface area contributed by atoms with Crippen LogP contribution in [0.25, 0.3) is 0 Å². The molecule has 1 heterocycles. The van der Waals surface area contributed by atoms with Crippen LogP contribution < -0.4 is 4.72 Å². The molecule has 5 nitrogen and oxygen atoms in total. The van der Waals surface area contributed by atoms with Crippen molar-refractivity contribution in [2.45, 2.75) is 31.7 Å². The number of hydrogen-bond acceptors (Lipinski definition) is 3. The van der Waals surface area contributed by atoms with Gasteiger partial charge >= 0.3 is 0 Å². The highest BCUT2D eigenvalue weighted by Gasteiger charge is 2.17. The molecule has 1 aromatic heterocycles. The summed E-state index contributed by atoms with van der Waals surface area (Å²) in [6.07, 6.45) is 3.62. The number of aryl methyl sites for hydroxylation is 2. The van der Waals surface area contributed by atoms with E-state index < -0.39 is 10.0 Å². The fraction of sp³-hybridized carbons (Fsp3) is 0.308. The Balaban J connectivity index is 2.33. The van der Waals surface area contributed by atoms with E-state index in [1.807, 2.05) is 26.0 Å². The van der Waals surface area contributed by atoms with Gasteiger partial charge in [0.2, 0.25) is 0 Å². The zero-order valence-electron chi connectivity index (χ0n) is 11.3. The van der Waals surface area contributed by atoms with Crippen molar-refractivity contribution in [3.8, 4) is 0 Å². The Hall–Kier alpha value is -1.34. The van der Waals surface area contributed by atoms with Gasteiger partial charge in [-0.1, -0.05) is 22.9 Å². The van der Waals surface area contributed by atoms with Crippen LogP contribution in [0, 0.1) is 0 Å². The van der Waals surface area contributed by atoms with Gasteiger partial charge in [0.15, 0.2) is 0 Å². The van der Waals surface area contributed by atoms with Crippen molar-refractivity contribution in [2.75, 3.05) is 4.72 Å². The molecule has 0 aliphatic carbocycles. The highest BCUT2D eigenvalue weighted by atomic mass is 79.9. The topological polar surface area (TPSA) is 64.0 Å². The van der Waals surface area contributed by atoms with E-state index in [1.54, 1.807) is 10.7 Å². The molecule has 0 radical (unpaired) electrons. The molecular weight excluding hydrogens is 342 g/mol. The average molecular weight is 358 g/mol. The van der Waals surface area contributed by atoms with Gasteiger partial charge in [-0.3, -0.25) is 9.40 Å². The summed E-state index contributed by atoms with van der Waals surface area (Å²) in [6.45, 7) is 4.52. The van der Waals surface area contributed by atoms with Crippen molar-refractivity contribution in [1.29, 1.82) is 0 Å². The fourth-order valence-electron chi connectivity index (χ4n) is 1.81. The molecule has 0 bridgehead atoms. The lowest BCUT2D eigenvalue weighted by molar-refractivity contribution is 0.600. The van der Waals surface area contributed by atoms with Crippen LogP contribution >= 0.6 is 15.9 Å². The van der Waals surface area contributed by atoms with Gasteiger partial charge in [-0.2, -0.15) is 5.10 Å². The summed E-state index contributed by atoms with van der Waals surface area (Å²) >= 11 is 3.38. The molecular formula is C13H16BrN3O2S. The van der Waals surface area contributed by atoms with Gasteiger partial charge in [-0.15, -0.1) is 0 Å². The van der Waals surface area contributed by atoms with Crippen LogP contribution in [0.15, 0.2) is 40.0 Å². The predicted octanol–water partition coefficient (Wildman–Crippen LogP) is 3.03. The van der Waals surface area contributed by atoms with E-state index in [1.165, 1.54) is 12.4 Å². The number of hydrogen-bond donors (Lipinski definition) is 1. The number of sulfonamides is 1. The molecule has 0 aliphatic heterocycles. The van der Waals surface area contributed by atoms with Gasteiger partial charge in [0, 0.05) is 17.2 Å². The van der Waals surface area contributed by atoms with Crippen LogP contribution in [-0.4, -0.2) is 18.2 Å². The van der Waals surface area contributed by atoms with Gasteiger partial charge in [-0.05, 0) is 37.1 Å². The number of benzene rings is 1. The summed E-state index contributed by atoms with van der Waals surface area (Å²) in [5.74, 6) is 0. The van der Waals surface area contributed by atoms with E-state index in [9.17, 15) is 8.42 Å². The summed E-state index contributed by atoms with van der Waals surface area (Å²) in [5.41, 5.74) is 1.53. The molecule has 0 aliphatic rings. The molecule has 0 saturated heterocycles. The molecule has 0 amide bonds. The van der Waals surface area contributed by atoms with Crippen molar-refractivity contribution in [3.63, 3.8) is 0 Å². The first kappa shape index (κ1) is 15.1. The lowest BCUT2D eigenvalue weighted by Gasteiger charge is -2.11. The largest absolute Gasteiger partial charge is 0.279 e. The zero-order chi connectivity index (χ0) is 14.8. The van der Waals surface area contributed by atoms with E-state index in [0.717, 1.165) is 16.5 Å². The zero-order valence-corrected chi connectivity index (χ0v) is 13.7. The fourth-order valence-corrected chi connectivity index (χ4v) is 3.28. The Morgan fingerprint density at radius 3 is 2.70 bits per heavy atom. The van der Waals surface area contributed by atoms with Crippen LogP contribution in [0.5, 0.6) is 0 Å². The van der Waals surface area contributed by atoms with Gasteiger partial charge in [0.1, 0.15) is 4.90 Å². The molecule has 20 heavy (non-hydrogen) atoms. The van der Waals surface area contributed by atoms with Gasteiger partial charge in [0.05, 0.1) is 11.9 Å². The Kier molecular flexibility index (Phi) is 4.49. The summed E-state index contributed by atoms with van der Waals surface area (Å²) in [7, 11) is -3.60. The monoisotopic (exact) mass is 357 g/mol. The highest BCUT2D eigenvalue weighted by Crippen LogP contribution is 2.24. The van der Waals surface area contributed by atoms with Crippen molar-refractivity contribution in [1.82, 2.24) is 9.78 Å². The molecule has 0 unspecified atom stereocenters. The minimum atomic E-state index is -3.60. The minimum absolute atomic E-state index is 0.171. The van der Waals surface area contributed by atoms with Crippen LogP contribution in [0.1, 0.15) is 19.4 Å². The molecule has 1 N–H and O–H groups in total. The van der Waals surface area contributed by atoms with E-state index in [-0.39, 0.29) is 4.90 Å². The third-order valence-corrected chi connectivity index (χ3v) is 4.75. The second kappa shape index (κ2) is 5.97. The molecule has 108 valence electrons. The van der Waals surface area contributed by atoms with Crippen molar-refractivity contribution >= 4 is 31.6 Å². The number of rotatable bonds is 5. The lowest BCUT2D eigenvalue weighted by Crippen LogP contribution is -2.13. The van der Waals surface area contributed by atoms with Crippen LogP contribution in [0.3, 0.4) is 0 Å². The predicted molar refractivity (Wildman–Crippen MR) is 82.2 cm³/mol. The van der Waals surface area contributed by atoms with Crippen molar-refractivity contribution < 1.29 is 8.42 Å². The van der Waals surface area contributed by atoms with E-state index in [2.05, 4.69) is 25.8 Å². The standard InChI is InChI=1S/C13H16BrN3O2S/c1-3-10-7-11(14)5-6-13(10)16-20(18,19)12-8-15-17(4-2)9-12/h5-9,16H,3-4H2,1-2H3. The Labute approximate surface area is 127 Å². The molecule has 2 rings (SSSR count). The minimum Gasteiger partial charge on any atom is -0.279 e. The molecule has 0 fully saturated rings. The summed E-state index contributed by atoms with van der Waals surface area (Å²) < 4.78 is 29.7. The van der Waals surface area contributed by atoms with Gasteiger partial charge in [-0.25, -0.2) is 8.42 Å². The van der Waals surface area contributed by atoms with E-state index in [0.29, 0.717) is 12.2 Å².